The van der Waals surface area contributed by atoms with E-state index < -0.39 is 5.82 Å². The van der Waals surface area contributed by atoms with Gasteiger partial charge in [-0.1, -0.05) is 6.07 Å². The molecule has 0 fully saturated rings. The van der Waals surface area contributed by atoms with E-state index in [1.54, 1.807) is 32.2 Å². The van der Waals surface area contributed by atoms with Crippen LogP contribution in [0.3, 0.4) is 0 Å². The molecule has 5 nitrogen and oxygen atoms in total. The van der Waals surface area contributed by atoms with Gasteiger partial charge in [0.05, 0.1) is 21.3 Å². The van der Waals surface area contributed by atoms with Crippen molar-refractivity contribution in [3.63, 3.8) is 0 Å². The molecule has 134 valence electrons. The standard InChI is InChI=1S/C19H22FNO4/c1-21(19(22)14-6-8-16(23-2)15(20)12-14)10-9-13-5-7-17(24-3)18(11-13)25-4/h5-8,11-12H,9-10H2,1-4H3. The van der Waals surface area contributed by atoms with Crippen molar-refractivity contribution in [2.45, 2.75) is 6.42 Å². The van der Waals surface area contributed by atoms with Gasteiger partial charge in [0.15, 0.2) is 23.1 Å². The first-order valence-electron chi connectivity index (χ1n) is 7.80. The Labute approximate surface area is 146 Å². The van der Waals surface area contributed by atoms with E-state index in [9.17, 15) is 9.18 Å². The van der Waals surface area contributed by atoms with Crippen LogP contribution in [0, 0.1) is 5.82 Å². The van der Waals surface area contributed by atoms with Crippen molar-refractivity contribution >= 4 is 5.91 Å². The summed E-state index contributed by atoms with van der Waals surface area (Å²) in [6, 6.07) is 9.82. The highest BCUT2D eigenvalue weighted by Crippen LogP contribution is 2.27. The molecule has 0 bridgehead atoms. The van der Waals surface area contributed by atoms with Crippen molar-refractivity contribution in [3.05, 3.63) is 53.3 Å². The molecular formula is C19H22FNO4. The summed E-state index contributed by atoms with van der Waals surface area (Å²) in [5.74, 6) is 0.615. The number of hydrogen-bond acceptors (Lipinski definition) is 4. The first-order valence-corrected chi connectivity index (χ1v) is 7.80. The van der Waals surface area contributed by atoms with Crippen LogP contribution in [0.4, 0.5) is 4.39 Å². The fraction of sp³-hybridized carbons (Fsp3) is 0.316. The molecule has 0 saturated carbocycles. The number of carbonyl (C=O) groups is 1. The predicted molar refractivity (Wildman–Crippen MR) is 93.2 cm³/mol. The molecule has 2 aromatic rings. The number of carbonyl (C=O) groups excluding carboxylic acids is 1. The summed E-state index contributed by atoms with van der Waals surface area (Å²) < 4.78 is 29.1. The Bertz CT molecular complexity index is 748. The number of halogens is 1. The second-order valence-electron chi connectivity index (χ2n) is 5.52. The third-order valence-electron chi connectivity index (χ3n) is 3.93. The average molecular weight is 347 g/mol. The van der Waals surface area contributed by atoms with Gasteiger partial charge < -0.3 is 19.1 Å². The molecule has 25 heavy (non-hydrogen) atoms. The van der Waals surface area contributed by atoms with E-state index in [1.165, 1.54) is 19.2 Å². The van der Waals surface area contributed by atoms with Crippen LogP contribution in [0.5, 0.6) is 17.2 Å². The number of ether oxygens (including phenoxy) is 3. The minimum absolute atomic E-state index is 0.115. The molecule has 0 spiro atoms. The SMILES string of the molecule is COc1ccc(C(=O)N(C)CCc2ccc(OC)c(OC)c2)cc1F. The van der Waals surface area contributed by atoms with Gasteiger partial charge in [0.2, 0.25) is 0 Å². The molecule has 0 aliphatic rings. The normalized spacial score (nSPS) is 10.3. The Balaban J connectivity index is 2.03. The van der Waals surface area contributed by atoms with Crippen molar-refractivity contribution in [2.75, 3.05) is 34.9 Å². The number of hydrogen-bond donors (Lipinski definition) is 0. The van der Waals surface area contributed by atoms with E-state index in [1.807, 2.05) is 18.2 Å². The quantitative estimate of drug-likeness (QED) is 0.772. The molecular weight excluding hydrogens is 325 g/mol. The van der Waals surface area contributed by atoms with Crippen LogP contribution in [0.1, 0.15) is 15.9 Å². The number of rotatable bonds is 7. The third kappa shape index (κ3) is 4.41. The van der Waals surface area contributed by atoms with Crippen LogP contribution < -0.4 is 14.2 Å². The molecule has 0 radical (unpaired) electrons. The van der Waals surface area contributed by atoms with E-state index in [0.717, 1.165) is 5.56 Å². The molecule has 0 atom stereocenters. The average Bonchev–Trinajstić information content (AvgIpc) is 2.64. The minimum Gasteiger partial charge on any atom is -0.494 e. The lowest BCUT2D eigenvalue weighted by Crippen LogP contribution is -2.28. The van der Waals surface area contributed by atoms with Crippen LogP contribution >= 0.6 is 0 Å². The van der Waals surface area contributed by atoms with Gasteiger partial charge in [0.1, 0.15) is 0 Å². The molecule has 2 aromatic carbocycles. The van der Waals surface area contributed by atoms with Crippen molar-refractivity contribution in [1.82, 2.24) is 4.90 Å². The molecule has 0 heterocycles. The van der Waals surface area contributed by atoms with E-state index in [0.29, 0.717) is 24.5 Å². The summed E-state index contributed by atoms with van der Waals surface area (Å²) in [5.41, 5.74) is 1.30. The summed E-state index contributed by atoms with van der Waals surface area (Å²) in [6.07, 6.45) is 0.640. The molecule has 0 aliphatic heterocycles. The Morgan fingerprint density at radius 1 is 0.960 bits per heavy atom. The van der Waals surface area contributed by atoms with Crippen LogP contribution in [0.15, 0.2) is 36.4 Å². The fourth-order valence-corrected chi connectivity index (χ4v) is 2.45. The minimum atomic E-state index is -0.554. The Morgan fingerprint density at radius 2 is 1.60 bits per heavy atom. The van der Waals surface area contributed by atoms with Crippen molar-refractivity contribution < 1.29 is 23.4 Å². The lowest BCUT2D eigenvalue weighted by Gasteiger charge is -2.18. The predicted octanol–water partition coefficient (Wildman–Crippen LogP) is 3.17. The maximum absolute atomic E-state index is 13.8. The monoisotopic (exact) mass is 347 g/mol. The molecule has 0 N–H and O–H groups in total. The highest BCUT2D eigenvalue weighted by molar-refractivity contribution is 5.94. The molecule has 0 aromatic heterocycles. The van der Waals surface area contributed by atoms with Gasteiger partial charge in [-0.2, -0.15) is 0 Å². The maximum Gasteiger partial charge on any atom is 0.253 e. The van der Waals surface area contributed by atoms with Crippen molar-refractivity contribution in [1.29, 1.82) is 0 Å². The van der Waals surface area contributed by atoms with E-state index in [4.69, 9.17) is 14.2 Å². The second-order valence-corrected chi connectivity index (χ2v) is 5.52. The van der Waals surface area contributed by atoms with Gasteiger partial charge in [0, 0.05) is 19.2 Å². The molecule has 0 unspecified atom stereocenters. The number of methoxy groups -OCH3 is 3. The summed E-state index contributed by atoms with van der Waals surface area (Å²) >= 11 is 0. The zero-order valence-corrected chi connectivity index (χ0v) is 14.8. The second kappa shape index (κ2) is 8.37. The summed E-state index contributed by atoms with van der Waals surface area (Å²) in [7, 11) is 6.23. The summed E-state index contributed by atoms with van der Waals surface area (Å²) in [4.78, 5) is 14.0. The third-order valence-corrected chi connectivity index (χ3v) is 3.93. The smallest absolute Gasteiger partial charge is 0.253 e. The van der Waals surface area contributed by atoms with Crippen LogP contribution in [0.25, 0.3) is 0 Å². The highest BCUT2D eigenvalue weighted by atomic mass is 19.1. The lowest BCUT2D eigenvalue weighted by molar-refractivity contribution is 0.0796. The zero-order chi connectivity index (χ0) is 18.4. The largest absolute Gasteiger partial charge is 0.494 e. The number of nitrogens with zero attached hydrogens (tertiary/aromatic N) is 1. The van der Waals surface area contributed by atoms with Gasteiger partial charge in [-0.15, -0.1) is 0 Å². The first kappa shape index (κ1) is 18.6. The number of likely N-dealkylation sites (N-methyl/N-ethyl adjacent to an activating group) is 1. The molecule has 2 rings (SSSR count). The van der Waals surface area contributed by atoms with Crippen molar-refractivity contribution in [2.24, 2.45) is 0 Å². The summed E-state index contributed by atoms with van der Waals surface area (Å²) in [6.45, 7) is 0.488. The van der Waals surface area contributed by atoms with E-state index in [2.05, 4.69) is 0 Å². The molecule has 6 heteroatoms. The molecule has 0 aliphatic carbocycles. The van der Waals surface area contributed by atoms with Gasteiger partial charge in [-0.05, 0) is 42.3 Å². The fourth-order valence-electron chi connectivity index (χ4n) is 2.45. The van der Waals surface area contributed by atoms with Gasteiger partial charge in [-0.25, -0.2) is 4.39 Å². The van der Waals surface area contributed by atoms with Crippen LogP contribution in [0.2, 0.25) is 0 Å². The summed E-state index contributed by atoms with van der Waals surface area (Å²) in [5, 5.41) is 0. The van der Waals surface area contributed by atoms with Gasteiger partial charge in [0.25, 0.3) is 5.91 Å². The van der Waals surface area contributed by atoms with Crippen LogP contribution in [-0.2, 0) is 6.42 Å². The highest BCUT2D eigenvalue weighted by Gasteiger charge is 2.14. The molecule has 0 saturated heterocycles. The maximum atomic E-state index is 13.8. The van der Waals surface area contributed by atoms with Gasteiger partial charge in [-0.3, -0.25) is 4.79 Å². The van der Waals surface area contributed by atoms with E-state index in [-0.39, 0.29) is 17.2 Å². The lowest BCUT2D eigenvalue weighted by atomic mass is 10.1. The number of amides is 1. The Kier molecular flexibility index (Phi) is 6.22. The van der Waals surface area contributed by atoms with Crippen LogP contribution in [-0.4, -0.2) is 45.7 Å². The Hall–Kier alpha value is -2.76. The first-order chi connectivity index (χ1) is 12.0. The zero-order valence-electron chi connectivity index (χ0n) is 14.8. The molecule has 1 amide bonds. The van der Waals surface area contributed by atoms with Crippen molar-refractivity contribution in [3.8, 4) is 17.2 Å². The van der Waals surface area contributed by atoms with Gasteiger partial charge >= 0.3 is 0 Å². The Morgan fingerprint density at radius 3 is 2.20 bits per heavy atom. The topological polar surface area (TPSA) is 48.0 Å². The van der Waals surface area contributed by atoms with E-state index >= 15 is 0 Å². The number of benzene rings is 2.